The van der Waals surface area contributed by atoms with Crippen molar-refractivity contribution < 1.29 is 15.0 Å². The topological polar surface area (TPSA) is 57.5 Å². The van der Waals surface area contributed by atoms with Crippen molar-refractivity contribution in [3.05, 3.63) is 27.8 Å². The second kappa shape index (κ2) is 4.47. The highest BCUT2D eigenvalue weighted by Crippen LogP contribution is 2.46. The van der Waals surface area contributed by atoms with E-state index in [4.69, 9.17) is 11.6 Å². The van der Waals surface area contributed by atoms with Crippen molar-refractivity contribution in [2.75, 3.05) is 0 Å². The monoisotopic (exact) mass is 268 g/mol. The first-order chi connectivity index (χ1) is 8.40. The van der Waals surface area contributed by atoms with Crippen LogP contribution >= 0.6 is 11.6 Å². The van der Waals surface area contributed by atoms with Crippen LogP contribution in [0.25, 0.3) is 0 Å². The van der Waals surface area contributed by atoms with Gasteiger partial charge in [-0.3, -0.25) is 4.79 Å². The molecule has 0 amide bonds. The molecule has 0 saturated heterocycles. The fourth-order valence-electron chi connectivity index (χ4n) is 3.22. The summed E-state index contributed by atoms with van der Waals surface area (Å²) >= 11 is 6.06. The number of halogens is 1. The largest absolute Gasteiger partial charge is 0.506 e. The number of benzene rings is 1. The molecule has 1 fully saturated rings. The lowest BCUT2D eigenvalue weighted by molar-refractivity contribution is -0.143. The first kappa shape index (κ1) is 13.2. The minimum atomic E-state index is -0.828. The van der Waals surface area contributed by atoms with E-state index in [0.29, 0.717) is 18.4 Å². The number of aryl methyl sites for hydroxylation is 1. The predicted octanol–water partition coefficient (Wildman–Crippen LogP) is 3.56. The molecule has 2 rings (SSSR count). The van der Waals surface area contributed by atoms with Crippen LogP contribution in [-0.4, -0.2) is 16.2 Å². The molecule has 0 aliphatic heterocycles. The van der Waals surface area contributed by atoms with Crippen molar-refractivity contribution in [2.45, 2.75) is 44.9 Å². The Labute approximate surface area is 111 Å². The molecule has 3 nitrogen and oxygen atoms in total. The summed E-state index contributed by atoms with van der Waals surface area (Å²) in [5.41, 5.74) is 1.46. The molecular formula is C14H17ClO3. The van der Waals surface area contributed by atoms with Gasteiger partial charge in [0.15, 0.2) is 0 Å². The quantitative estimate of drug-likeness (QED) is 0.862. The molecule has 1 aromatic carbocycles. The van der Waals surface area contributed by atoms with Crippen LogP contribution in [0, 0.1) is 13.8 Å². The summed E-state index contributed by atoms with van der Waals surface area (Å²) in [5.74, 6) is -0.762. The van der Waals surface area contributed by atoms with Gasteiger partial charge in [-0.2, -0.15) is 0 Å². The first-order valence-electron chi connectivity index (χ1n) is 6.12. The summed E-state index contributed by atoms with van der Waals surface area (Å²) in [6.45, 7) is 3.62. The predicted molar refractivity (Wildman–Crippen MR) is 70.4 cm³/mol. The lowest BCUT2D eigenvalue weighted by atomic mass is 9.74. The standard InChI is InChI=1S/C14H17ClO3/c1-8-7-10(16)12(15)9(2)11(8)14(13(17)18)5-3-4-6-14/h7,16H,3-6H2,1-2H3,(H,17,18). The first-order valence-corrected chi connectivity index (χ1v) is 6.50. The highest BCUT2D eigenvalue weighted by atomic mass is 35.5. The van der Waals surface area contributed by atoms with Gasteiger partial charge in [-0.25, -0.2) is 0 Å². The van der Waals surface area contributed by atoms with Crippen molar-refractivity contribution in [3.8, 4) is 5.75 Å². The van der Waals surface area contributed by atoms with Crippen LogP contribution in [0.4, 0.5) is 0 Å². The molecule has 0 spiro atoms. The Morgan fingerprint density at radius 1 is 1.33 bits per heavy atom. The van der Waals surface area contributed by atoms with Crippen LogP contribution in [0.5, 0.6) is 5.75 Å². The third-order valence-electron chi connectivity index (χ3n) is 4.02. The Balaban J connectivity index is 2.70. The number of hydrogen-bond acceptors (Lipinski definition) is 2. The van der Waals surface area contributed by atoms with E-state index in [1.165, 1.54) is 0 Å². The molecular weight excluding hydrogens is 252 g/mol. The molecule has 1 aliphatic rings. The average Bonchev–Trinajstić information content (AvgIpc) is 2.76. The molecule has 18 heavy (non-hydrogen) atoms. The van der Waals surface area contributed by atoms with E-state index in [1.54, 1.807) is 13.0 Å². The van der Waals surface area contributed by atoms with Gasteiger partial charge in [-0.1, -0.05) is 24.4 Å². The van der Waals surface area contributed by atoms with Crippen LogP contribution in [0.3, 0.4) is 0 Å². The maximum atomic E-state index is 11.7. The number of phenols is 1. The van der Waals surface area contributed by atoms with Gasteiger partial charge >= 0.3 is 5.97 Å². The molecule has 1 aliphatic carbocycles. The molecule has 0 unspecified atom stereocenters. The van der Waals surface area contributed by atoms with Gasteiger partial charge in [0.25, 0.3) is 0 Å². The molecule has 0 atom stereocenters. The smallest absolute Gasteiger partial charge is 0.314 e. The van der Waals surface area contributed by atoms with Crippen LogP contribution in [-0.2, 0) is 10.2 Å². The minimum absolute atomic E-state index is 0.0222. The molecule has 1 saturated carbocycles. The number of hydrogen-bond donors (Lipinski definition) is 2. The zero-order chi connectivity index (χ0) is 13.5. The Hall–Kier alpha value is -1.22. The zero-order valence-electron chi connectivity index (χ0n) is 10.6. The van der Waals surface area contributed by atoms with Crippen molar-refractivity contribution >= 4 is 17.6 Å². The average molecular weight is 269 g/mol. The highest BCUT2D eigenvalue weighted by Gasteiger charge is 2.45. The summed E-state index contributed by atoms with van der Waals surface area (Å²) < 4.78 is 0. The van der Waals surface area contributed by atoms with Gasteiger partial charge in [-0.05, 0) is 49.4 Å². The van der Waals surface area contributed by atoms with Crippen molar-refractivity contribution in [3.63, 3.8) is 0 Å². The molecule has 1 aromatic rings. The fourth-order valence-corrected chi connectivity index (χ4v) is 3.37. The summed E-state index contributed by atoms with van der Waals surface area (Å²) in [6, 6.07) is 1.56. The zero-order valence-corrected chi connectivity index (χ0v) is 11.3. The van der Waals surface area contributed by atoms with E-state index >= 15 is 0 Å². The number of phenolic OH excluding ortho intramolecular Hbond substituents is 1. The summed E-state index contributed by atoms with van der Waals surface area (Å²) in [4.78, 5) is 11.7. The van der Waals surface area contributed by atoms with Gasteiger partial charge in [0.05, 0.1) is 10.4 Å². The van der Waals surface area contributed by atoms with Crippen LogP contribution in [0.15, 0.2) is 6.07 Å². The highest BCUT2D eigenvalue weighted by molar-refractivity contribution is 6.33. The maximum Gasteiger partial charge on any atom is 0.314 e. The lowest BCUT2D eigenvalue weighted by Gasteiger charge is -2.29. The summed E-state index contributed by atoms with van der Waals surface area (Å²) in [5, 5.41) is 19.6. The molecule has 0 bridgehead atoms. The van der Waals surface area contributed by atoms with Crippen LogP contribution in [0.1, 0.15) is 42.4 Å². The second-order valence-electron chi connectivity index (χ2n) is 5.12. The number of aliphatic carboxylic acids is 1. The number of carboxylic acids is 1. The molecule has 0 radical (unpaired) electrons. The van der Waals surface area contributed by atoms with E-state index < -0.39 is 11.4 Å². The molecule has 0 aromatic heterocycles. The number of carboxylic acid groups (broad SMARTS) is 1. The Bertz CT molecular complexity index is 502. The van der Waals surface area contributed by atoms with Crippen molar-refractivity contribution in [2.24, 2.45) is 0 Å². The number of aromatic hydroxyl groups is 1. The lowest BCUT2D eigenvalue weighted by Crippen LogP contribution is -2.34. The van der Waals surface area contributed by atoms with E-state index in [-0.39, 0.29) is 10.8 Å². The number of carbonyl (C=O) groups is 1. The van der Waals surface area contributed by atoms with Crippen LogP contribution < -0.4 is 0 Å². The number of rotatable bonds is 2. The third-order valence-corrected chi connectivity index (χ3v) is 4.50. The van der Waals surface area contributed by atoms with Gasteiger partial charge in [-0.15, -0.1) is 0 Å². The normalized spacial score (nSPS) is 17.9. The van der Waals surface area contributed by atoms with E-state index in [9.17, 15) is 15.0 Å². The van der Waals surface area contributed by atoms with Gasteiger partial charge < -0.3 is 10.2 Å². The Morgan fingerprint density at radius 3 is 2.39 bits per heavy atom. The fraction of sp³-hybridized carbons (Fsp3) is 0.500. The van der Waals surface area contributed by atoms with E-state index in [0.717, 1.165) is 24.0 Å². The molecule has 2 N–H and O–H groups in total. The third kappa shape index (κ3) is 1.77. The van der Waals surface area contributed by atoms with Crippen LogP contribution in [0.2, 0.25) is 5.02 Å². The Kier molecular flexibility index (Phi) is 3.28. The summed E-state index contributed by atoms with van der Waals surface area (Å²) in [6.07, 6.45) is 3.13. The maximum absolute atomic E-state index is 11.7. The SMILES string of the molecule is Cc1cc(O)c(Cl)c(C)c1C1(C(=O)O)CCCC1. The van der Waals surface area contributed by atoms with Crippen molar-refractivity contribution in [1.82, 2.24) is 0 Å². The van der Waals surface area contributed by atoms with Gasteiger partial charge in [0.1, 0.15) is 5.75 Å². The molecule has 0 heterocycles. The van der Waals surface area contributed by atoms with E-state index in [1.807, 2.05) is 6.92 Å². The minimum Gasteiger partial charge on any atom is -0.506 e. The van der Waals surface area contributed by atoms with E-state index in [2.05, 4.69) is 0 Å². The van der Waals surface area contributed by atoms with Crippen molar-refractivity contribution in [1.29, 1.82) is 0 Å². The molecule has 98 valence electrons. The Morgan fingerprint density at radius 2 is 1.89 bits per heavy atom. The second-order valence-corrected chi connectivity index (χ2v) is 5.50. The van der Waals surface area contributed by atoms with Gasteiger partial charge in [0.2, 0.25) is 0 Å². The molecule has 4 heteroatoms. The summed E-state index contributed by atoms with van der Waals surface area (Å²) in [7, 11) is 0. The van der Waals surface area contributed by atoms with Gasteiger partial charge in [0, 0.05) is 0 Å².